The van der Waals surface area contributed by atoms with Gasteiger partial charge >= 0.3 is 20.8 Å². The molecule has 0 aliphatic rings. The van der Waals surface area contributed by atoms with E-state index >= 15 is 0 Å². The number of hydrogen-bond donors (Lipinski definition) is 0. The van der Waals surface area contributed by atoms with E-state index in [1.165, 1.54) is 0 Å². The summed E-state index contributed by atoms with van der Waals surface area (Å²) < 4.78 is 57.6. The normalized spacial score (nSPS) is 11.8. The van der Waals surface area contributed by atoms with E-state index < -0.39 is 20.8 Å². The first kappa shape index (κ1) is 19.1. The van der Waals surface area contributed by atoms with E-state index in [0.717, 1.165) is 7.11 Å². The quantitative estimate of drug-likeness (QED) is 0.656. The van der Waals surface area contributed by atoms with Crippen LogP contribution < -0.4 is 0 Å². The van der Waals surface area contributed by atoms with E-state index in [0.29, 0.717) is 0 Å². The molecule has 0 saturated carbocycles. The summed E-state index contributed by atoms with van der Waals surface area (Å²) in [5.41, 5.74) is 0. The fourth-order valence-electron chi connectivity index (χ4n) is 0.515. The zero-order valence-electron chi connectivity index (χ0n) is 10.2. The zero-order chi connectivity index (χ0) is 13.9. The third kappa shape index (κ3) is 13.7. The first-order chi connectivity index (χ1) is 7.74. The van der Waals surface area contributed by atoms with E-state index in [1.807, 2.05) is 0 Å². The average Bonchev–Trinajstić information content (AvgIpc) is 2.18. The monoisotopic (exact) mass is 294 g/mol. The summed E-state index contributed by atoms with van der Waals surface area (Å²) in [4.78, 5) is 0. The van der Waals surface area contributed by atoms with Crippen LogP contribution in [0.3, 0.4) is 0 Å². The standard InChI is InChI=1S/C4H10O4S.C3H8O4S/c1-3-7-9(5,6)8-4-2;1-3-7-8(4,5)6-2/h3-4H2,1-2H3;3H2,1-2H3. The van der Waals surface area contributed by atoms with E-state index in [2.05, 4.69) is 16.7 Å². The van der Waals surface area contributed by atoms with Gasteiger partial charge in [0, 0.05) is 0 Å². The smallest absolute Gasteiger partial charge is 0.252 e. The van der Waals surface area contributed by atoms with E-state index in [1.54, 1.807) is 20.8 Å². The lowest BCUT2D eigenvalue weighted by molar-refractivity contribution is 0.231. The van der Waals surface area contributed by atoms with Gasteiger partial charge in [-0.15, -0.1) is 0 Å². The van der Waals surface area contributed by atoms with Crippen molar-refractivity contribution >= 4 is 20.8 Å². The van der Waals surface area contributed by atoms with Gasteiger partial charge in [0.25, 0.3) is 0 Å². The first-order valence-electron chi connectivity index (χ1n) is 4.73. The molecule has 106 valence electrons. The summed E-state index contributed by atoms with van der Waals surface area (Å²) >= 11 is 0. The van der Waals surface area contributed by atoms with Crippen molar-refractivity contribution < 1.29 is 33.6 Å². The van der Waals surface area contributed by atoms with Crippen LogP contribution in [0.4, 0.5) is 0 Å². The number of rotatable bonds is 7. The average molecular weight is 294 g/mol. The van der Waals surface area contributed by atoms with Gasteiger partial charge in [-0.25, -0.2) is 12.5 Å². The molecule has 0 aliphatic carbocycles. The molecule has 17 heavy (non-hydrogen) atoms. The zero-order valence-corrected chi connectivity index (χ0v) is 11.8. The molecule has 0 bridgehead atoms. The maximum absolute atomic E-state index is 10.4. The second-order valence-electron chi connectivity index (χ2n) is 2.20. The molecule has 0 aliphatic heterocycles. The minimum Gasteiger partial charge on any atom is -0.252 e. The van der Waals surface area contributed by atoms with Crippen molar-refractivity contribution in [3.05, 3.63) is 0 Å². The molecule has 0 aromatic heterocycles. The van der Waals surface area contributed by atoms with Crippen molar-refractivity contribution in [3.63, 3.8) is 0 Å². The van der Waals surface area contributed by atoms with Gasteiger partial charge in [0.2, 0.25) is 0 Å². The Bertz CT molecular complexity index is 345. The molecule has 0 amide bonds. The van der Waals surface area contributed by atoms with Crippen molar-refractivity contribution in [2.24, 2.45) is 0 Å². The Morgan fingerprint density at radius 1 is 0.706 bits per heavy atom. The van der Waals surface area contributed by atoms with E-state index in [4.69, 9.17) is 0 Å². The minimum absolute atomic E-state index is 0.107. The molecule has 0 N–H and O–H groups in total. The van der Waals surface area contributed by atoms with Crippen molar-refractivity contribution in [1.82, 2.24) is 0 Å². The minimum atomic E-state index is -3.68. The predicted molar refractivity (Wildman–Crippen MR) is 59.7 cm³/mol. The summed E-state index contributed by atoms with van der Waals surface area (Å²) in [5, 5.41) is 0. The molecule has 0 heterocycles. The molecule has 0 aromatic rings. The Labute approximate surface area is 102 Å². The van der Waals surface area contributed by atoms with Crippen LogP contribution in [-0.2, 0) is 37.5 Å². The molecular weight excluding hydrogens is 276 g/mol. The fraction of sp³-hybridized carbons (Fsp3) is 1.00. The van der Waals surface area contributed by atoms with Gasteiger partial charge in [-0.05, 0) is 20.8 Å². The molecule has 0 unspecified atom stereocenters. The third-order valence-corrected chi connectivity index (χ3v) is 2.97. The highest BCUT2D eigenvalue weighted by molar-refractivity contribution is 7.82. The highest BCUT2D eigenvalue weighted by Crippen LogP contribution is 1.93. The lowest BCUT2D eigenvalue weighted by Gasteiger charge is -1.99. The van der Waals surface area contributed by atoms with Gasteiger partial charge in [0.05, 0.1) is 26.9 Å². The van der Waals surface area contributed by atoms with Crippen molar-refractivity contribution in [3.8, 4) is 0 Å². The molecular formula is C7H18O8S2. The summed E-state index contributed by atoms with van der Waals surface area (Å²) in [6.07, 6.45) is 0. The Balaban J connectivity index is 0. The number of hydrogen-bond acceptors (Lipinski definition) is 8. The van der Waals surface area contributed by atoms with Crippen LogP contribution >= 0.6 is 0 Å². The summed E-state index contributed by atoms with van der Waals surface area (Å²) in [5.74, 6) is 0. The van der Waals surface area contributed by atoms with Gasteiger partial charge in [-0.1, -0.05) is 0 Å². The third-order valence-electron chi connectivity index (χ3n) is 0.991. The molecule has 0 spiro atoms. The van der Waals surface area contributed by atoms with Crippen LogP contribution in [0, 0.1) is 0 Å². The maximum atomic E-state index is 10.4. The molecule has 0 radical (unpaired) electrons. The second-order valence-corrected chi connectivity index (χ2v) is 4.88. The predicted octanol–water partition coefficient (Wildman–Crippen LogP) is 0.218. The molecule has 8 nitrogen and oxygen atoms in total. The highest BCUT2D eigenvalue weighted by Gasteiger charge is 2.07. The first-order valence-corrected chi connectivity index (χ1v) is 7.40. The van der Waals surface area contributed by atoms with Crippen LogP contribution in [-0.4, -0.2) is 43.8 Å². The molecule has 0 saturated heterocycles. The van der Waals surface area contributed by atoms with Crippen LogP contribution in [0.5, 0.6) is 0 Å². The van der Waals surface area contributed by atoms with Gasteiger partial charge in [-0.3, -0.25) is 4.18 Å². The largest absolute Gasteiger partial charge is 0.399 e. The van der Waals surface area contributed by atoms with Crippen LogP contribution in [0.2, 0.25) is 0 Å². The summed E-state index contributed by atoms with van der Waals surface area (Å²) in [6, 6.07) is 0. The Morgan fingerprint density at radius 3 is 1.18 bits per heavy atom. The Morgan fingerprint density at radius 2 is 1.00 bits per heavy atom. The maximum Gasteiger partial charge on any atom is 0.399 e. The lowest BCUT2D eigenvalue weighted by atomic mass is 10.9. The topological polar surface area (TPSA) is 105 Å². The molecule has 0 rings (SSSR count). The van der Waals surface area contributed by atoms with Gasteiger partial charge in [0.1, 0.15) is 0 Å². The van der Waals surface area contributed by atoms with Crippen molar-refractivity contribution in [1.29, 1.82) is 0 Å². The Hall–Kier alpha value is -0.260. The van der Waals surface area contributed by atoms with Crippen LogP contribution in [0.25, 0.3) is 0 Å². The summed E-state index contributed by atoms with van der Waals surface area (Å²) in [6.45, 7) is 5.06. The molecule has 0 fully saturated rings. The van der Waals surface area contributed by atoms with Gasteiger partial charge < -0.3 is 0 Å². The highest BCUT2D eigenvalue weighted by atomic mass is 32.3. The van der Waals surface area contributed by atoms with Crippen molar-refractivity contribution in [2.75, 3.05) is 26.9 Å². The van der Waals surface area contributed by atoms with Crippen LogP contribution in [0.15, 0.2) is 0 Å². The van der Waals surface area contributed by atoms with Crippen molar-refractivity contribution in [2.45, 2.75) is 20.8 Å². The van der Waals surface area contributed by atoms with E-state index in [9.17, 15) is 16.8 Å². The fourth-order valence-corrected chi connectivity index (χ4v) is 1.55. The summed E-state index contributed by atoms with van der Waals surface area (Å²) in [7, 11) is -6.30. The second kappa shape index (κ2) is 9.74. The molecule has 10 heteroatoms. The molecule has 0 aromatic carbocycles. The molecule has 0 atom stereocenters. The van der Waals surface area contributed by atoms with Gasteiger partial charge in [0.15, 0.2) is 0 Å². The lowest BCUT2D eigenvalue weighted by Crippen LogP contribution is -2.09. The SMILES string of the molecule is CCOS(=O)(=O)OC.CCOS(=O)(=O)OCC. The van der Waals surface area contributed by atoms with Gasteiger partial charge in [-0.2, -0.15) is 16.8 Å². The Kier molecular flexibility index (Phi) is 10.9. The van der Waals surface area contributed by atoms with E-state index in [-0.39, 0.29) is 19.8 Å². The van der Waals surface area contributed by atoms with Crippen LogP contribution in [0.1, 0.15) is 20.8 Å².